The number of hydrogen-bond acceptors (Lipinski definition) is 2. The molecule has 0 aliphatic heterocycles. The SMILES string of the molecule is CC(C)C(C)(C)CCC(=O)O.CC(C)CCC(C)(C)C(=O)O. The van der Waals surface area contributed by atoms with Crippen LogP contribution in [0.25, 0.3) is 0 Å². The maximum atomic E-state index is 10.6. The van der Waals surface area contributed by atoms with E-state index in [4.69, 9.17) is 10.2 Å². The number of carbonyl (C=O) groups is 2. The highest BCUT2D eigenvalue weighted by atomic mass is 16.4. The van der Waals surface area contributed by atoms with Crippen molar-refractivity contribution in [2.75, 3.05) is 0 Å². The average molecular weight is 316 g/mol. The van der Waals surface area contributed by atoms with Crippen molar-refractivity contribution in [2.24, 2.45) is 22.7 Å². The molecule has 0 atom stereocenters. The Morgan fingerprint density at radius 1 is 0.909 bits per heavy atom. The lowest BCUT2D eigenvalue weighted by molar-refractivity contribution is -0.147. The second kappa shape index (κ2) is 9.86. The molecule has 0 saturated carbocycles. The van der Waals surface area contributed by atoms with Crippen molar-refractivity contribution >= 4 is 11.9 Å². The number of rotatable bonds is 8. The van der Waals surface area contributed by atoms with Crippen LogP contribution in [0, 0.1) is 22.7 Å². The molecule has 0 fully saturated rings. The predicted octanol–water partition coefficient (Wildman–Crippen LogP) is 5.07. The summed E-state index contributed by atoms with van der Waals surface area (Å²) in [6.45, 7) is 16.2. The van der Waals surface area contributed by atoms with Crippen molar-refractivity contribution in [1.29, 1.82) is 0 Å². The Kier molecular flexibility index (Phi) is 10.4. The summed E-state index contributed by atoms with van der Waals surface area (Å²) >= 11 is 0. The van der Waals surface area contributed by atoms with Gasteiger partial charge in [0, 0.05) is 6.42 Å². The molecule has 4 nitrogen and oxygen atoms in total. The standard InChI is InChI=1S/2C9H18O2/c1-7(2)9(3,4)6-5-8(10)11;1-7(2)5-6-9(3,4)8(10)11/h2*7H,5-6H2,1-4H3,(H,10,11). The molecule has 0 bridgehead atoms. The minimum Gasteiger partial charge on any atom is -0.481 e. The van der Waals surface area contributed by atoms with Crippen LogP contribution in [0.3, 0.4) is 0 Å². The van der Waals surface area contributed by atoms with Gasteiger partial charge in [0.1, 0.15) is 0 Å². The van der Waals surface area contributed by atoms with E-state index in [0.29, 0.717) is 11.8 Å². The number of hydrogen-bond donors (Lipinski definition) is 2. The van der Waals surface area contributed by atoms with E-state index in [0.717, 1.165) is 19.3 Å². The second-order valence-corrected chi connectivity index (χ2v) is 8.16. The fourth-order valence-corrected chi connectivity index (χ4v) is 1.47. The van der Waals surface area contributed by atoms with Crippen LogP contribution in [0.1, 0.15) is 81.1 Å². The topological polar surface area (TPSA) is 74.6 Å². The molecule has 0 spiro atoms. The molecule has 0 aromatic carbocycles. The number of carboxylic acids is 2. The zero-order valence-corrected chi connectivity index (χ0v) is 15.7. The van der Waals surface area contributed by atoms with Gasteiger partial charge in [0.2, 0.25) is 0 Å². The Balaban J connectivity index is 0. The second-order valence-electron chi connectivity index (χ2n) is 8.16. The Labute approximate surface area is 136 Å². The maximum absolute atomic E-state index is 10.6. The van der Waals surface area contributed by atoms with E-state index in [1.807, 2.05) is 0 Å². The van der Waals surface area contributed by atoms with E-state index >= 15 is 0 Å². The smallest absolute Gasteiger partial charge is 0.309 e. The van der Waals surface area contributed by atoms with Crippen LogP contribution in [0.15, 0.2) is 0 Å². The van der Waals surface area contributed by atoms with Crippen LogP contribution < -0.4 is 0 Å². The van der Waals surface area contributed by atoms with Crippen molar-refractivity contribution in [3.8, 4) is 0 Å². The maximum Gasteiger partial charge on any atom is 0.309 e. The molecule has 0 amide bonds. The number of aliphatic carboxylic acids is 2. The van der Waals surface area contributed by atoms with E-state index in [9.17, 15) is 9.59 Å². The first-order valence-electron chi connectivity index (χ1n) is 8.17. The minimum atomic E-state index is -0.696. The summed E-state index contributed by atoms with van der Waals surface area (Å²) in [5.41, 5.74) is -0.400. The summed E-state index contributed by atoms with van der Waals surface area (Å²) in [5, 5.41) is 17.2. The highest BCUT2D eigenvalue weighted by Gasteiger charge is 2.26. The molecule has 0 radical (unpaired) electrons. The van der Waals surface area contributed by atoms with E-state index in [-0.39, 0.29) is 11.8 Å². The Bertz CT molecular complexity index is 341. The Hall–Kier alpha value is -1.06. The fraction of sp³-hybridized carbons (Fsp3) is 0.889. The lowest BCUT2D eigenvalue weighted by Crippen LogP contribution is -2.23. The summed E-state index contributed by atoms with van der Waals surface area (Å²) < 4.78 is 0. The summed E-state index contributed by atoms with van der Waals surface area (Å²) in [7, 11) is 0. The first-order valence-corrected chi connectivity index (χ1v) is 8.17. The van der Waals surface area contributed by atoms with Gasteiger partial charge in [-0.1, -0.05) is 41.5 Å². The molecule has 2 N–H and O–H groups in total. The van der Waals surface area contributed by atoms with Crippen molar-refractivity contribution < 1.29 is 19.8 Å². The van der Waals surface area contributed by atoms with Gasteiger partial charge < -0.3 is 10.2 Å². The predicted molar refractivity (Wildman–Crippen MR) is 91.0 cm³/mol. The molecule has 0 aliphatic carbocycles. The largest absolute Gasteiger partial charge is 0.481 e. The van der Waals surface area contributed by atoms with Gasteiger partial charge in [-0.3, -0.25) is 9.59 Å². The first kappa shape index (κ1) is 23.2. The molecule has 0 heterocycles. The third-order valence-corrected chi connectivity index (χ3v) is 4.47. The van der Waals surface area contributed by atoms with Crippen molar-refractivity contribution in [3.63, 3.8) is 0 Å². The normalized spacial score (nSPS) is 12.1. The zero-order valence-electron chi connectivity index (χ0n) is 15.7. The molecular formula is C18H36O4. The van der Waals surface area contributed by atoms with Crippen LogP contribution in [0.5, 0.6) is 0 Å². The van der Waals surface area contributed by atoms with E-state index in [2.05, 4.69) is 41.5 Å². The molecule has 0 aromatic rings. The molecule has 0 aliphatic rings. The summed E-state index contributed by atoms with van der Waals surface area (Å²) in [4.78, 5) is 20.9. The van der Waals surface area contributed by atoms with Gasteiger partial charge in [0.15, 0.2) is 0 Å². The molecule has 0 unspecified atom stereocenters. The summed E-state index contributed by atoms with van der Waals surface area (Å²) in [6.07, 6.45) is 2.80. The molecule has 0 rings (SSSR count). The van der Waals surface area contributed by atoms with Crippen LogP contribution >= 0.6 is 0 Å². The van der Waals surface area contributed by atoms with E-state index in [1.54, 1.807) is 13.8 Å². The van der Waals surface area contributed by atoms with Gasteiger partial charge in [-0.05, 0) is 50.4 Å². The van der Waals surface area contributed by atoms with Crippen LogP contribution in [-0.2, 0) is 9.59 Å². The van der Waals surface area contributed by atoms with Gasteiger partial charge in [-0.2, -0.15) is 0 Å². The third-order valence-electron chi connectivity index (χ3n) is 4.47. The fourth-order valence-electron chi connectivity index (χ4n) is 1.47. The summed E-state index contributed by atoms with van der Waals surface area (Å²) in [6, 6.07) is 0. The zero-order chi connectivity index (χ0) is 18.1. The molecule has 4 heteroatoms. The number of carboxylic acid groups (broad SMARTS) is 2. The molecular weight excluding hydrogens is 280 g/mol. The average Bonchev–Trinajstić information content (AvgIpc) is 2.34. The van der Waals surface area contributed by atoms with E-state index in [1.165, 1.54) is 0 Å². The lowest BCUT2D eigenvalue weighted by atomic mass is 9.77. The quantitative estimate of drug-likeness (QED) is 0.656. The molecule has 0 aromatic heterocycles. The van der Waals surface area contributed by atoms with Gasteiger partial charge in [0.05, 0.1) is 5.41 Å². The van der Waals surface area contributed by atoms with Crippen LogP contribution in [-0.4, -0.2) is 22.2 Å². The first-order chi connectivity index (χ1) is 9.72. The Morgan fingerprint density at radius 3 is 1.64 bits per heavy atom. The molecule has 0 saturated heterocycles. The lowest BCUT2D eigenvalue weighted by Gasteiger charge is -2.28. The monoisotopic (exact) mass is 316 g/mol. The third kappa shape index (κ3) is 11.6. The molecule has 22 heavy (non-hydrogen) atoms. The van der Waals surface area contributed by atoms with Crippen LogP contribution in [0.2, 0.25) is 0 Å². The van der Waals surface area contributed by atoms with E-state index < -0.39 is 17.4 Å². The van der Waals surface area contributed by atoms with Crippen molar-refractivity contribution in [3.05, 3.63) is 0 Å². The Morgan fingerprint density at radius 2 is 1.36 bits per heavy atom. The highest BCUT2D eigenvalue weighted by molar-refractivity contribution is 5.73. The van der Waals surface area contributed by atoms with Gasteiger partial charge >= 0.3 is 11.9 Å². The molecule has 132 valence electrons. The van der Waals surface area contributed by atoms with Crippen molar-refractivity contribution in [2.45, 2.75) is 81.1 Å². The van der Waals surface area contributed by atoms with Crippen molar-refractivity contribution in [1.82, 2.24) is 0 Å². The highest BCUT2D eigenvalue weighted by Crippen LogP contribution is 2.31. The van der Waals surface area contributed by atoms with Crippen LogP contribution in [0.4, 0.5) is 0 Å². The van der Waals surface area contributed by atoms with Gasteiger partial charge in [-0.25, -0.2) is 0 Å². The minimum absolute atomic E-state index is 0.151. The summed E-state index contributed by atoms with van der Waals surface area (Å²) in [5.74, 6) is -0.257. The van der Waals surface area contributed by atoms with Gasteiger partial charge in [-0.15, -0.1) is 0 Å². The van der Waals surface area contributed by atoms with Gasteiger partial charge in [0.25, 0.3) is 0 Å².